The molecule has 392 valence electrons. The first-order valence-electron chi connectivity index (χ1n) is 21.9. The van der Waals surface area contributed by atoms with Crippen LogP contribution in [-0.4, -0.2) is 202 Å². The molecule has 1 aromatic rings. The largest absolute Gasteiger partial charge is 0.463 e. The molecule has 8 N–H and O–H groups in total. The maximum Gasteiger partial charge on any atom is 0.308 e. The molecular formula is C43H72N2O17S6. The Morgan fingerprint density at radius 1 is 0.824 bits per heavy atom. The van der Waals surface area contributed by atoms with Gasteiger partial charge in [-0.3, -0.25) is 14.4 Å². The molecule has 2 amide bonds. The van der Waals surface area contributed by atoms with Crippen LogP contribution in [0.5, 0.6) is 0 Å². The Hall–Kier alpha value is -1.05. The van der Waals surface area contributed by atoms with E-state index >= 15 is 0 Å². The van der Waals surface area contributed by atoms with Crippen molar-refractivity contribution in [2.45, 2.75) is 114 Å². The Bertz CT molecular complexity index is 1590. The number of hydrogen-bond donors (Lipinski definition) is 9. The molecule has 3 aliphatic heterocycles. The summed E-state index contributed by atoms with van der Waals surface area (Å²) in [7, 11) is 6.54. The fraction of sp³-hybridized carbons (Fsp3) is 0.767. The molecule has 3 heterocycles. The lowest BCUT2D eigenvalue weighted by Crippen LogP contribution is -2.65. The minimum absolute atomic E-state index is 0. The average molecular weight is 1080 g/mol. The first-order chi connectivity index (χ1) is 32.2. The number of aliphatic hydroxyl groups excluding tert-OH is 6. The van der Waals surface area contributed by atoms with Gasteiger partial charge in [0.2, 0.25) is 11.8 Å². The van der Waals surface area contributed by atoms with Gasteiger partial charge in [-0.1, -0.05) is 79.3 Å². The lowest BCUT2D eigenvalue weighted by molar-refractivity contribution is -0.399. The van der Waals surface area contributed by atoms with E-state index in [1.54, 1.807) is 59.2 Å². The molecule has 0 aromatic heterocycles. The minimum Gasteiger partial charge on any atom is -0.463 e. The summed E-state index contributed by atoms with van der Waals surface area (Å²) in [6.07, 6.45) is -13.9. The van der Waals surface area contributed by atoms with Gasteiger partial charge in [0.25, 0.3) is 0 Å². The van der Waals surface area contributed by atoms with Crippen LogP contribution in [0.2, 0.25) is 0 Å². The van der Waals surface area contributed by atoms with Crippen molar-refractivity contribution in [1.29, 1.82) is 0 Å². The first-order valence-corrected chi connectivity index (χ1v) is 27.4. The van der Waals surface area contributed by atoms with E-state index < -0.39 is 80.2 Å². The number of amides is 2. The molecule has 0 saturated carbocycles. The highest BCUT2D eigenvalue weighted by Gasteiger charge is 2.52. The number of carbonyl (C=O) groups excluding carboxylic acids is 3. The van der Waals surface area contributed by atoms with Crippen LogP contribution < -0.4 is 10.6 Å². The van der Waals surface area contributed by atoms with Crippen LogP contribution in [0.4, 0.5) is 0 Å². The summed E-state index contributed by atoms with van der Waals surface area (Å²) in [4.78, 5) is 34.5. The molecule has 3 aliphatic rings. The third-order valence-corrected chi connectivity index (χ3v) is 15.7. The Labute approximate surface area is 427 Å². The molecule has 0 spiro atoms. The van der Waals surface area contributed by atoms with Gasteiger partial charge in [0.1, 0.15) is 59.0 Å². The maximum atomic E-state index is 13.0. The number of thiocarbonyl (C=S) groups is 1. The Kier molecular flexibility index (Phi) is 32.6. The second-order valence-electron chi connectivity index (χ2n) is 15.2. The highest BCUT2D eigenvalue weighted by molar-refractivity contribution is 8.76. The first kappa shape index (κ1) is 63.1. The molecule has 3 unspecified atom stereocenters. The second kappa shape index (κ2) is 35.2. The molecule has 19 nitrogen and oxygen atoms in total. The van der Waals surface area contributed by atoms with E-state index in [4.69, 9.17) is 50.1 Å². The number of benzene rings is 1. The smallest absolute Gasteiger partial charge is 0.308 e. The third-order valence-electron chi connectivity index (χ3n) is 10.4. The van der Waals surface area contributed by atoms with Crippen molar-refractivity contribution >= 4 is 91.3 Å². The zero-order valence-electron chi connectivity index (χ0n) is 38.1. The van der Waals surface area contributed by atoms with Crippen molar-refractivity contribution in [3.05, 3.63) is 35.4 Å². The van der Waals surface area contributed by atoms with Crippen LogP contribution in [0.25, 0.3) is 0 Å². The number of thioether (sulfide) groups is 2. The maximum absolute atomic E-state index is 13.0. The molecule has 0 aliphatic carbocycles. The molecule has 0 radical (unpaired) electrons. The number of carbonyl (C=O) groups is 3. The standard InChI is InChI=1S/C38H59NO16S5.C4H9NOS.CH4/c1-4-57-38(56)58-20-24(17-21(2)34(47)50-13-12-48-10-11-49-14-16-60-59-15-9-27(41)39-3)22-5-7-23(8-6-22)35-51-19-26-33(54-35)30(44)32(46)37(53-26)55-36-31(45)29(43)28(42)25(18-40)52-36;1-5-4(6)2-3-7;/h5-8,21,24-26,28-33,35-37,40,42-46H,4,9-20H2,1-3H3,(H,39,41);7H,2-3H2,1H3,(H,5,6);1H4/t21?,24?,25-,26-,28-,29+,30-,31-,32-,33-,35?,36-,37-;;/m1../s1. The van der Waals surface area contributed by atoms with Gasteiger partial charge >= 0.3 is 5.97 Å². The van der Waals surface area contributed by atoms with Crippen LogP contribution in [-0.2, 0) is 52.3 Å². The predicted molar refractivity (Wildman–Crippen MR) is 271 cm³/mol. The lowest BCUT2D eigenvalue weighted by Gasteiger charge is -2.48. The summed E-state index contributed by atoms with van der Waals surface area (Å²) in [5.41, 5.74) is 1.62. The van der Waals surface area contributed by atoms with Crippen molar-refractivity contribution < 1.29 is 82.9 Å². The van der Waals surface area contributed by atoms with Crippen molar-refractivity contribution in [2.75, 3.05) is 89.1 Å². The van der Waals surface area contributed by atoms with E-state index in [-0.39, 0.29) is 50.9 Å². The van der Waals surface area contributed by atoms with E-state index in [0.29, 0.717) is 56.2 Å². The Morgan fingerprint density at radius 2 is 1.44 bits per heavy atom. The monoisotopic (exact) mass is 1080 g/mol. The van der Waals surface area contributed by atoms with Gasteiger partial charge in [-0.2, -0.15) is 12.6 Å². The van der Waals surface area contributed by atoms with E-state index in [2.05, 4.69) is 23.3 Å². The van der Waals surface area contributed by atoms with Gasteiger partial charge in [-0.15, -0.1) is 23.5 Å². The van der Waals surface area contributed by atoms with Crippen LogP contribution in [0.1, 0.15) is 63.9 Å². The summed E-state index contributed by atoms with van der Waals surface area (Å²) in [5.74, 6) is 2.97. The third kappa shape index (κ3) is 21.6. The topological polar surface area (TPSA) is 270 Å². The van der Waals surface area contributed by atoms with Gasteiger partial charge in [-0.25, -0.2) is 0 Å². The van der Waals surface area contributed by atoms with Crippen molar-refractivity contribution in [3.8, 4) is 0 Å². The fourth-order valence-electron chi connectivity index (χ4n) is 6.61. The summed E-state index contributed by atoms with van der Waals surface area (Å²) in [6, 6.07) is 7.54. The van der Waals surface area contributed by atoms with E-state index in [9.17, 15) is 45.0 Å². The predicted octanol–water partition coefficient (Wildman–Crippen LogP) is 2.03. The molecule has 13 atom stereocenters. The number of nitrogens with one attached hydrogen (secondary N) is 2. The Balaban J connectivity index is 0.00000183. The molecule has 4 rings (SSSR count). The normalized spacial score (nSPS) is 27.5. The van der Waals surface area contributed by atoms with Crippen molar-refractivity contribution in [3.63, 3.8) is 0 Å². The number of aliphatic hydroxyl groups is 6. The quantitative estimate of drug-likeness (QED) is 0.0211. The average Bonchev–Trinajstić information content (AvgIpc) is 3.33. The molecular weight excluding hydrogens is 1010 g/mol. The number of ether oxygens (including phenoxy) is 8. The summed E-state index contributed by atoms with van der Waals surface area (Å²) >= 11 is 12.6. The number of rotatable bonds is 26. The second-order valence-corrected chi connectivity index (χ2v) is 21.9. The SMILES string of the molecule is C.CCSC(=S)SCC(CC(C)C(=O)OCCOCCOCCSSCCC(=O)NC)c1ccc(C2OC[C@H]3O[C@H](O[C@H]4O[C@H](CO)[C@@H](O)[C@H](O)[C@H]4O)[C@H](O)[C@@H](O)[C@@H]3O2)cc1.CNC(=O)CCS. The number of thiol groups is 1. The van der Waals surface area contributed by atoms with E-state index in [0.717, 1.165) is 26.4 Å². The highest BCUT2D eigenvalue weighted by Crippen LogP contribution is 2.37. The molecule has 3 saturated heterocycles. The summed E-state index contributed by atoms with van der Waals surface area (Å²) < 4.78 is 46.3. The van der Waals surface area contributed by atoms with Gasteiger partial charge in [0, 0.05) is 49.8 Å². The highest BCUT2D eigenvalue weighted by atomic mass is 33.1. The van der Waals surface area contributed by atoms with Gasteiger partial charge in [0.15, 0.2) is 18.9 Å². The van der Waals surface area contributed by atoms with Crippen molar-refractivity contribution in [2.24, 2.45) is 5.92 Å². The van der Waals surface area contributed by atoms with Crippen LogP contribution >= 0.6 is 70.0 Å². The summed E-state index contributed by atoms with van der Waals surface area (Å²) in [5, 5.41) is 67.0. The molecule has 0 bridgehead atoms. The van der Waals surface area contributed by atoms with Gasteiger partial charge in [-0.05, 0) is 29.4 Å². The van der Waals surface area contributed by atoms with Crippen LogP contribution in [0.3, 0.4) is 0 Å². The van der Waals surface area contributed by atoms with Crippen molar-refractivity contribution in [1.82, 2.24) is 10.6 Å². The molecule has 25 heteroatoms. The zero-order chi connectivity index (χ0) is 49.3. The zero-order valence-corrected chi connectivity index (χ0v) is 43.1. The van der Waals surface area contributed by atoms with Gasteiger partial charge in [0.05, 0.1) is 45.6 Å². The Morgan fingerprint density at radius 3 is 2.07 bits per heavy atom. The van der Waals surface area contributed by atoms with Crippen LogP contribution in [0.15, 0.2) is 24.3 Å². The number of esters is 1. The van der Waals surface area contributed by atoms with Crippen LogP contribution in [0, 0.1) is 5.92 Å². The minimum atomic E-state index is -1.73. The van der Waals surface area contributed by atoms with Gasteiger partial charge < -0.3 is 79.2 Å². The van der Waals surface area contributed by atoms with E-state index in [1.165, 1.54) is 0 Å². The van der Waals surface area contributed by atoms with E-state index in [1.807, 2.05) is 38.1 Å². The number of fused-ring (bicyclic) bond motifs is 1. The molecule has 68 heavy (non-hydrogen) atoms. The molecule has 1 aromatic carbocycles. The molecule has 3 fully saturated rings. The fourth-order valence-corrected chi connectivity index (χ4v) is 11.0. The summed E-state index contributed by atoms with van der Waals surface area (Å²) in [6.45, 7) is 4.90. The number of hydrogen-bond acceptors (Lipinski definition) is 23. The lowest BCUT2D eigenvalue weighted by atomic mass is 9.90.